The maximum absolute atomic E-state index is 6.25. The van der Waals surface area contributed by atoms with Crippen LogP contribution >= 0.6 is 22.6 Å². The second kappa shape index (κ2) is 7.99. The number of fused-ring (bicyclic) bond motifs is 1. The summed E-state index contributed by atoms with van der Waals surface area (Å²) in [5.74, 6) is 0. The van der Waals surface area contributed by atoms with Gasteiger partial charge in [0.15, 0.2) is 6.29 Å². The zero-order valence-corrected chi connectivity index (χ0v) is 16.0. The Morgan fingerprint density at radius 3 is 2.62 bits per heavy atom. The molecule has 0 bridgehead atoms. The second-order valence-corrected chi connectivity index (χ2v) is 8.38. The predicted octanol–water partition coefficient (Wildman–Crippen LogP) is 3.85. The fourth-order valence-corrected chi connectivity index (χ4v) is 4.80. The Balaban J connectivity index is 1.32. The van der Waals surface area contributed by atoms with E-state index in [9.17, 15) is 0 Å². The van der Waals surface area contributed by atoms with Crippen LogP contribution in [0, 0.1) is 0 Å². The summed E-state index contributed by atoms with van der Waals surface area (Å²) in [5, 5.41) is 0. The first-order valence-electron chi connectivity index (χ1n) is 9.03. The van der Waals surface area contributed by atoms with Crippen molar-refractivity contribution in [1.29, 1.82) is 0 Å². The summed E-state index contributed by atoms with van der Waals surface area (Å²) in [6.07, 6.45) is 6.46. The highest BCUT2D eigenvalue weighted by molar-refractivity contribution is 14.1. The monoisotopic (exact) mass is 444 g/mol. The van der Waals surface area contributed by atoms with Gasteiger partial charge in [-0.05, 0) is 18.4 Å². The Bertz CT molecular complexity index is 519. The molecule has 0 aromatic heterocycles. The lowest BCUT2D eigenvalue weighted by molar-refractivity contribution is -0.182. The third kappa shape index (κ3) is 3.80. The van der Waals surface area contributed by atoms with Gasteiger partial charge in [0.1, 0.15) is 18.3 Å². The lowest BCUT2D eigenvalue weighted by atomic mass is 9.98. The Labute approximate surface area is 157 Å². The number of halogens is 1. The van der Waals surface area contributed by atoms with Gasteiger partial charge in [-0.1, -0.05) is 72.2 Å². The summed E-state index contributed by atoms with van der Waals surface area (Å²) < 4.78 is 24.8. The molecular formula is C19H25IO4. The van der Waals surface area contributed by atoms with Gasteiger partial charge in [-0.2, -0.15) is 0 Å². The van der Waals surface area contributed by atoms with Crippen LogP contribution in [0.25, 0.3) is 0 Å². The molecule has 24 heavy (non-hydrogen) atoms. The largest absolute Gasteiger partial charge is 0.371 e. The fraction of sp³-hybridized carbons (Fsp3) is 0.684. The Kier molecular flexibility index (Phi) is 5.73. The van der Waals surface area contributed by atoms with Crippen LogP contribution in [0.15, 0.2) is 30.3 Å². The van der Waals surface area contributed by atoms with Gasteiger partial charge in [0, 0.05) is 0 Å². The summed E-state index contributed by atoms with van der Waals surface area (Å²) in [6, 6.07) is 10.3. The highest BCUT2D eigenvalue weighted by Crippen LogP contribution is 2.39. The van der Waals surface area contributed by atoms with Crippen LogP contribution in [-0.2, 0) is 25.6 Å². The molecule has 0 N–H and O–H groups in total. The molecule has 5 atom stereocenters. The molecule has 2 heterocycles. The van der Waals surface area contributed by atoms with Crippen LogP contribution in [0.3, 0.4) is 0 Å². The summed E-state index contributed by atoms with van der Waals surface area (Å²) in [5.41, 5.74) is 1.18. The van der Waals surface area contributed by atoms with Gasteiger partial charge < -0.3 is 18.9 Å². The van der Waals surface area contributed by atoms with Gasteiger partial charge in [-0.15, -0.1) is 0 Å². The van der Waals surface area contributed by atoms with Crippen molar-refractivity contribution in [2.45, 2.75) is 73.3 Å². The van der Waals surface area contributed by atoms with Crippen LogP contribution in [0.4, 0.5) is 0 Å². The molecule has 0 amide bonds. The minimum Gasteiger partial charge on any atom is -0.371 e. The first-order chi connectivity index (χ1) is 11.8. The zero-order valence-electron chi connectivity index (χ0n) is 13.8. The van der Waals surface area contributed by atoms with E-state index < -0.39 is 0 Å². The maximum atomic E-state index is 6.25. The minimum atomic E-state index is -0.160. The quantitative estimate of drug-likeness (QED) is 0.511. The number of ether oxygens (including phenoxy) is 4. The summed E-state index contributed by atoms with van der Waals surface area (Å²) in [4.78, 5) is 0. The molecule has 1 aromatic carbocycles. The van der Waals surface area contributed by atoms with Crippen molar-refractivity contribution in [3.63, 3.8) is 0 Å². The van der Waals surface area contributed by atoms with Crippen molar-refractivity contribution in [2.75, 3.05) is 6.61 Å². The molecule has 5 heteroatoms. The molecule has 4 rings (SSSR count). The van der Waals surface area contributed by atoms with E-state index in [1.54, 1.807) is 0 Å². The van der Waals surface area contributed by atoms with E-state index in [2.05, 4.69) is 34.7 Å². The number of alkyl halides is 1. The van der Waals surface area contributed by atoms with Crippen molar-refractivity contribution in [3.8, 4) is 0 Å². The molecule has 4 nitrogen and oxygen atoms in total. The standard InChI is InChI=1S/C19H25IO4/c20-16-18-17(24-19(16)23-14-9-5-2-6-10-14)15(12-22-18)21-11-13-7-3-1-4-8-13/h1,3-4,7-8,14-19H,2,5-6,9-12H2/t15-,16-,17-,18-,19-/m1/s1. The van der Waals surface area contributed by atoms with Crippen molar-refractivity contribution >= 4 is 22.6 Å². The maximum Gasteiger partial charge on any atom is 0.172 e. The van der Waals surface area contributed by atoms with E-state index in [1.807, 2.05) is 18.2 Å². The molecule has 2 saturated heterocycles. The number of rotatable bonds is 5. The number of hydrogen-bond donors (Lipinski definition) is 0. The summed E-state index contributed by atoms with van der Waals surface area (Å²) in [7, 11) is 0. The first kappa shape index (κ1) is 17.2. The Morgan fingerprint density at radius 1 is 1.04 bits per heavy atom. The molecule has 1 aliphatic carbocycles. The van der Waals surface area contributed by atoms with Gasteiger partial charge in [0.05, 0.1) is 23.2 Å². The average Bonchev–Trinajstić information content (AvgIpc) is 3.16. The van der Waals surface area contributed by atoms with Gasteiger partial charge >= 0.3 is 0 Å². The van der Waals surface area contributed by atoms with E-state index in [-0.39, 0.29) is 28.5 Å². The smallest absolute Gasteiger partial charge is 0.172 e. The van der Waals surface area contributed by atoms with Gasteiger partial charge in [-0.25, -0.2) is 0 Å². The summed E-state index contributed by atoms with van der Waals surface area (Å²) >= 11 is 2.43. The fourth-order valence-electron chi connectivity index (χ4n) is 3.85. The molecule has 1 aromatic rings. The number of hydrogen-bond acceptors (Lipinski definition) is 4. The molecular weight excluding hydrogens is 419 g/mol. The molecule has 1 saturated carbocycles. The van der Waals surface area contributed by atoms with Crippen molar-refractivity contribution in [3.05, 3.63) is 35.9 Å². The highest BCUT2D eigenvalue weighted by atomic mass is 127. The number of benzene rings is 1. The Morgan fingerprint density at radius 2 is 1.83 bits per heavy atom. The second-order valence-electron chi connectivity index (χ2n) is 6.94. The zero-order chi connectivity index (χ0) is 16.4. The third-order valence-electron chi connectivity index (χ3n) is 5.19. The van der Waals surface area contributed by atoms with E-state index in [0.29, 0.717) is 19.3 Å². The van der Waals surface area contributed by atoms with E-state index in [4.69, 9.17) is 18.9 Å². The van der Waals surface area contributed by atoms with Gasteiger partial charge in [0.25, 0.3) is 0 Å². The molecule has 2 aliphatic heterocycles. The molecule has 3 fully saturated rings. The molecule has 132 valence electrons. The first-order valence-corrected chi connectivity index (χ1v) is 10.3. The Hall–Kier alpha value is -0.210. The molecule has 3 aliphatic rings. The van der Waals surface area contributed by atoms with Gasteiger partial charge in [-0.3, -0.25) is 0 Å². The summed E-state index contributed by atoms with van der Waals surface area (Å²) in [6.45, 7) is 1.21. The third-order valence-corrected chi connectivity index (χ3v) is 6.49. The van der Waals surface area contributed by atoms with Crippen LogP contribution in [0.5, 0.6) is 0 Å². The lowest BCUT2D eigenvalue weighted by Crippen LogP contribution is -2.32. The topological polar surface area (TPSA) is 36.9 Å². The minimum absolute atomic E-state index is 0.00701. The van der Waals surface area contributed by atoms with Crippen molar-refractivity contribution in [2.24, 2.45) is 0 Å². The normalized spacial score (nSPS) is 36.8. The van der Waals surface area contributed by atoms with E-state index >= 15 is 0 Å². The predicted molar refractivity (Wildman–Crippen MR) is 99.2 cm³/mol. The van der Waals surface area contributed by atoms with Crippen molar-refractivity contribution in [1.82, 2.24) is 0 Å². The molecule has 0 radical (unpaired) electrons. The van der Waals surface area contributed by atoms with Crippen LogP contribution in [0.1, 0.15) is 37.7 Å². The van der Waals surface area contributed by atoms with Crippen LogP contribution in [0.2, 0.25) is 0 Å². The van der Waals surface area contributed by atoms with Gasteiger partial charge in [0.2, 0.25) is 0 Å². The highest BCUT2D eigenvalue weighted by Gasteiger charge is 2.53. The van der Waals surface area contributed by atoms with E-state index in [1.165, 1.54) is 24.8 Å². The SMILES string of the molecule is I[C@H]1[C@H](OC2CCCCC2)O[C@H]2[C@@H]1OC[C@H]2OCc1ccccc1. The van der Waals surface area contributed by atoms with E-state index in [0.717, 1.165) is 12.8 Å². The van der Waals surface area contributed by atoms with Crippen molar-refractivity contribution < 1.29 is 18.9 Å². The van der Waals surface area contributed by atoms with Crippen LogP contribution < -0.4 is 0 Å². The lowest BCUT2D eigenvalue weighted by Gasteiger charge is -2.27. The molecule has 0 spiro atoms. The average molecular weight is 444 g/mol. The van der Waals surface area contributed by atoms with Crippen LogP contribution in [-0.4, -0.2) is 41.2 Å². The molecule has 0 unspecified atom stereocenters.